The normalized spacial score (nSPS) is 19.3. The number of carbonyl (C=O) groups excluding carboxylic acids is 1. The Hall–Kier alpha value is -0.390. The van der Waals surface area contributed by atoms with Gasteiger partial charge in [0.1, 0.15) is 0 Å². The van der Waals surface area contributed by atoms with Crippen molar-refractivity contribution in [3.63, 3.8) is 0 Å². The van der Waals surface area contributed by atoms with E-state index in [-0.39, 0.29) is 5.91 Å². The molecule has 0 bridgehead atoms. The zero-order valence-electron chi connectivity index (χ0n) is 11.1. The molecule has 2 rings (SSSR count). The summed E-state index contributed by atoms with van der Waals surface area (Å²) in [6, 6.07) is 4.16. The largest absolute Gasteiger partial charge is 0.356 e. The lowest BCUT2D eigenvalue weighted by Crippen LogP contribution is -2.31. The fourth-order valence-corrected chi connectivity index (χ4v) is 3.89. The summed E-state index contributed by atoms with van der Waals surface area (Å²) in [7, 11) is 0. The number of rotatable bonds is 6. The zero-order valence-corrected chi connectivity index (χ0v) is 13.5. The van der Waals surface area contributed by atoms with Crippen LogP contribution in [-0.2, 0) is 11.2 Å². The molecule has 0 saturated carbocycles. The van der Waals surface area contributed by atoms with Crippen LogP contribution in [-0.4, -0.2) is 25.5 Å². The van der Waals surface area contributed by atoms with E-state index in [1.165, 1.54) is 17.7 Å². The molecule has 1 unspecified atom stereocenters. The molecule has 1 fully saturated rings. The number of hydrogen-bond donors (Lipinski definition) is 2. The monoisotopic (exact) mass is 344 g/mol. The molecule has 0 aromatic carbocycles. The highest BCUT2D eigenvalue weighted by Crippen LogP contribution is 2.22. The molecule has 1 atom stereocenters. The molecule has 0 spiro atoms. The van der Waals surface area contributed by atoms with Gasteiger partial charge in [0.05, 0.1) is 3.79 Å². The molecular formula is C14H21BrN2OS. The number of thiophene rings is 1. The van der Waals surface area contributed by atoms with Crippen LogP contribution in [0.4, 0.5) is 0 Å². The molecular weight excluding hydrogens is 324 g/mol. The Labute approximate surface area is 127 Å². The summed E-state index contributed by atoms with van der Waals surface area (Å²) >= 11 is 5.18. The van der Waals surface area contributed by atoms with Crippen molar-refractivity contribution in [1.82, 2.24) is 10.6 Å². The third-order valence-corrected chi connectivity index (χ3v) is 5.18. The summed E-state index contributed by atoms with van der Waals surface area (Å²) in [5, 5.41) is 6.40. The van der Waals surface area contributed by atoms with Gasteiger partial charge in [-0.3, -0.25) is 4.79 Å². The van der Waals surface area contributed by atoms with Crippen LogP contribution in [0.2, 0.25) is 0 Å². The topological polar surface area (TPSA) is 41.1 Å². The van der Waals surface area contributed by atoms with Crippen molar-refractivity contribution in [1.29, 1.82) is 0 Å². The first-order chi connectivity index (χ1) is 9.24. The third kappa shape index (κ3) is 5.63. The molecule has 2 heterocycles. The van der Waals surface area contributed by atoms with Crippen LogP contribution >= 0.6 is 27.3 Å². The van der Waals surface area contributed by atoms with Crippen molar-refractivity contribution in [3.8, 4) is 0 Å². The van der Waals surface area contributed by atoms with Gasteiger partial charge in [-0.1, -0.05) is 0 Å². The molecule has 1 amide bonds. The smallest absolute Gasteiger partial charge is 0.220 e. The average molecular weight is 345 g/mol. The van der Waals surface area contributed by atoms with E-state index in [1.807, 2.05) is 0 Å². The minimum Gasteiger partial charge on any atom is -0.356 e. The highest BCUT2D eigenvalue weighted by molar-refractivity contribution is 9.11. The maximum Gasteiger partial charge on any atom is 0.220 e. The second-order valence-corrected chi connectivity index (χ2v) is 7.60. The molecule has 1 aromatic heterocycles. The molecule has 0 aliphatic carbocycles. The minimum absolute atomic E-state index is 0.196. The standard InChI is InChI=1S/C14H21BrN2OS/c15-13-5-4-12(19-13)7-9-17-14(18)6-3-11-2-1-8-16-10-11/h4-5,11,16H,1-3,6-10H2,(H,17,18). The Morgan fingerprint density at radius 3 is 3.11 bits per heavy atom. The Balaban J connectivity index is 1.56. The molecule has 1 aromatic rings. The summed E-state index contributed by atoms with van der Waals surface area (Å²) in [6.07, 6.45) is 5.12. The van der Waals surface area contributed by atoms with Crippen molar-refractivity contribution in [2.45, 2.75) is 32.1 Å². The highest BCUT2D eigenvalue weighted by atomic mass is 79.9. The summed E-state index contributed by atoms with van der Waals surface area (Å²) < 4.78 is 1.15. The summed E-state index contributed by atoms with van der Waals surface area (Å²) in [4.78, 5) is 13.1. The summed E-state index contributed by atoms with van der Waals surface area (Å²) in [6.45, 7) is 2.96. The van der Waals surface area contributed by atoms with Crippen molar-refractivity contribution in [3.05, 3.63) is 20.8 Å². The lowest BCUT2D eigenvalue weighted by atomic mass is 9.94. The Kier molecular flexibility index (Phi) is 6.34. The Bertz CT molecular complexity index is 402. The maximum atomic E-state index is 11.7. The number of nitrogens with one attached hydrogen (secondary N) is 2. The van der Waals surface area contributed by atoms with Crippen molar-refractivity contribution in [2.75, 3.05) is 19.6 Å². The lowest BCUT2D eigenvalue weighted by molar-refractivity contribution is -0.121. The highest BCUT2D eigenvalue weighted by Gasteiger charge is 2.14. The number of halogens is 1. The predicted octanol–water partition coefficient (Wildman–Crippen LogP) is 2.95. The molecule has 1 aliphatic rings. The van der Waals surface area contributed by atoms with Crippen LogP contribution in [0, 0.1) is 5.92 Å². The van der Waals surface area contributed by atoms with E-state index in [0.29, 0.717) is 12.3 Å². The van der Waals surface area contributed by atoms with E-state index < -0.39 is 0 Å². The van der Waals surface area contributed by atoms with E-state index in [1.54, 1.807) is 11.3 Å². The zero-order chi connectivity index (χ0) is 13.5. The van der Waals surface area contributed by atoms with Gasteiger partial charge in [0.25, 0.3) is 0 Å². The van der Waals surface area contributed by atoms with Crippen LogP contribution < -0.4 is 10.6 Å². The first-order valence-corrected chi connectivity index (χ1v) is 8.56. The van der Waals surface area contributed by atoms with Gasteiger partial charge >= 0.3 is 0 Å². The van der Waals surface area contributed by atoms with Gasteiger partial charge in [-0.25, -0.2) is 0 Å². The molecule has 2 N–H and O–H groups in total. The predicted molar refractivity (Wildman–Crippen MR) is 83.6 cm³/mol. The lowest BCUT2D eigenvalue weighted by Gasteiger charge is -2.22. The van der Waals surface area contributed by atoms with Crippen molar-refractivity contribution in [2.24, 2.45) is 5.92 Å². The van der Waals surface area contributed by atoms with Crippen LogP contribution in [0.1, 0.15) is 30.6 Å². The number of carbonyl (C=O) groups is 1. The van der Waals surface area contributed by atoms with E-state index in [9.17, 15) is 4.79 Å². The molecule has 1 aliphatic heterocycles. The van der Waals surface area contributed by atoms with E-state index in [4.69, 9.17) is 0 Å². The molecule has 3 nitrogen and oxygen atoms in total. The van der Waals surface area contributed by atoms with Crippen molar-refractivity contribution < 1.29 is 4.79 Å². The first-order valence-electron chi connectivity index (χ1n) is 6.95. The Morgan fingerprint density at radius 1 is 1.53 bits per heavy atom. The van der Waals surface area contributed by atoms with E-state index in [2.05, 4.69) is 38.7 Å². The first kappa shape index (κ1) is 15.0. The second-order valence-electron chi connectivity index (χ2n) is 5.06. The maximum absolute atomic E-state index is 11.7. The molecule has 19 heavy (non-hydrogen) atoms. The van der Waals surface area contributed by atoms with Gasteiger partial charge in [0, 0.05) is 17.8 Å². The number of piperidine rings is 1. The fourth-order valence-electron chi connectivity index (χ4n) is 2.41. The van der Waals surface area contributed by atoms with E-state index in [0.717, 1.165) is 36.3 Å². The van der Waals surface area contributed by atoms with Crippen LogP contribution in [0.5, 0.6) is 0 Å². The average Bonchev–Trinajstić information content (AvgIpc) is 2.83. The second kappa shape index (κ2) is 8.02. The van der Waals surface area contributed by atoms with Gasteiger partial charge in [-0.05, 0) is 72.8 Å². The SMILES string of the molecule is O=C(CCC1CCCNC1)NCCc1ccc(Br)s1. The van der Waals surface area contributed by atoms with Gasteiger partial charge in [-0.2, -0.15) is 0 Å². The van der Waals surface area contributed by atoms with Gasteiger partial charge in [0.2, 0.25) is 5.91 Å². The summed E-state index contributed by atoms with van der Waals surface area (Å²) in [5.74, 6) is 0.883. The van der Waals surface area contributed by atoms with Gasteiger partial charge in [-0.15, -0.1) is 11.3 Å². The van der Waals surface area contributed by atoms with Crippen molar-refractivity contribution >= 4 is 33.2 Å². The van der Waals surface area contributed by atoms with Crippen LogP contribution in [0.3, 0.4) is 0 Å². The molecule has 5 heteroatoms. The van der Waals surface area contributed by atoms with Gasteiger partial charge < -0.3 is 10.6 Å². The minimum atomic E-state index is 0.196. The van der Waals surface area contributed by atoms with E-state index >= 15 is 0 Å². The molecule has 1 saturated heterocycles. The third-order valence-electron chi connectivity index (χ3n) is 3.50. The number of amides is 1. The fraction of sp³-hybridized carbons (Fsp3) is 0.643. The van der Waals surface area contributed by atoms with Crippen LogP contribution in [0.25, 0.3) is 0 Å². The number of hydrogen-bond acceptors (Lipinski definition) is 3. The quantitative estimate of drug-likeness (QED) is 0.832. The Morgan fingerprint density at radius 2 is 2.42 bits per heavy atom. The van der Waals surface area contributed by atoms with Gasteiger partial charge in [0.15, 0.2) is 0 Å². The molecule has 106 valence electrons. The molecule has 0 radical (unpaired) electrons. The summed E-state index contributed by atoms with van der Waals surface area (Å²) in [5.41, 5.74) is 0. The van der Waals surface area contributed by atoms with Crippen LogP contribution in [0.15, 0.2) is 15.9 Å².